The van der Waals surface area contributed by atoms with Crippen LogP contribution in [0.15, 0.2) is 42.5 Å². The molecule has 0 aromatic heterocycles. The van der Waals surface area contributed by atoms with Gasteiger partial charge in [-0.2, -0.15) is 0 Å². The van der Waals surface area contributed by atoms with Gasteiger partial charge in [-0.15, -0.1) is 0 Å². The van der Waals surface area contributed by atoms with Crippen molar-refractivity contribution in [1.29, 1.82) is 0 Å². The van der Waals surface area contributed by atoms with Crippen LogP contribution >= 0.6 is 0 Å². The number of hydrogen-bond donors (Lipinski definition) is 0. The summed E-state index contributed by atoms with van der Waals surface area (Å²) in [4.78, 5) is 5.79. The van der Waals surface area contributed by atoms with Crippen LogP contribution in [0.4, 0.5) is 5.69 Å². The molecule has 108 valence electrons. The van der Waals surface area contributed by atoms with E-state index in [4.69, 9.17) is 9.57 Å². The Hall–Kier alpha value is -1.58. The minimum absolute atomic E-state index is 0.0545. The van der Waals surface area contributed by atoms with E-state index < -0.39 is 0 Å². The van der Waals surface area contributed by atoms with Crippen LogP contribution in [0.5, 0.6) is 0 Å². The Morgan fingerprint density at radius 1 is 0.950 bits per heavy atom. The summed E-state index contributed by atoms with van der Waals surface area (Å²) in [5.74, 6) is 0. The molecule has 0 fully saturated rings. The Bertz CT molecular complexity index is 541. The van der Waals surface area contributed by atoms with Crippen LogP contribution in [0.25, 0.3) is 10.8 Å². The molecule has 0 spiro atoms. The molecule has 0 aliphatic rings. The molecule has 2 aromatic rings. The summed E-state index contributed by atoms with van der Waals surface area (Å²) in [5, 5.41) is 4.33. The molecule has 0 heterocycles. The second-order valence-corrected chi connectivity index (χ2v) is 4.59. The van der Waals surface area contributed by atoms with Crippen LogP contribution in [0.2, 0.25) is 0 Å². The van der Waals surface area contributed by atoms with E-state index in [1.54, 1.807) is 0 Å². The maximum atomic E-state index is 5.79. The molecule has 0 aliphatic carbocycles. The third-order valence-electron chi connectivity index (χ3n) is 3.23. The number of fused-ring (bicyclic) bond motifs is 1. The van der Waals surface area contributed by atoms with E-state index in [0.717, 1.165) is 12.1 Å². The van der Waals surface area contributed by atoms with Crippen molar-refractivity contribution in [2.75, 3.05) is 18.3 Å². The summed E-state index contributed by atoms with van der Waals surface area (Å²) in [6, 6.07) is 14.7. The van der Waals surface area contributed by atoms with E-state index in [1.165, 1.54) is 10.8 Å². The van der Waals surface area contributed by atoms with Gasteiger partial charge in [-0.1, -0.05) is 37.3 Å². The number of hydrogen-bond acceptors (Lipinski definition) is 3. The molecule has 20 heavy (non-hydrogen) atoms. The smallest absolute Gasteiger partial charge is 0.154 e. The lowest BCUT2D eigenvalue weighted by Crippen LogP contribution is -2.37. The summed E-state index contributed by atoms with van der Waals surface area (Å²) in [6.07, 6.45) is 0.821. The summed E-state index contributed by atoms with van der Waals surface area (Å²) in [6.45, 7) is 7.40. The first-order valence-corrected chi connectivity index (χ1v) is 7.32. The minimum Gasteiger partial charge on any atom is -0.356 e. The van der Waals surface area contributed by atoms with Crippen LogP contribution < -0.4 is 5.06 Å². The fraction of sp³-hybridized carbons (Fsp3) is 0.412. The molecule has 1 unspecified atom stereocenters. The Balaban J connectivity index is 2.34. The monoisotopic (exact) mass is 273 g/mol. The highest BCUT2D eigenvalue weighted by molar-refractivity contribution is 5.85. The molecule has 3 heteroatoms. The first-order chi connectivity index (χ1) is 9.80. The first-order valence-electron chi connectivity index (χ1n) is 7.32. The highest BCUT2D eigenvalue weighted by Crippen LogP contribution is 2.25. The number of benzene rings is 2. The van der Waals surface area contributed by atoms with Crippen LogP contribution in [-0.2, 0) is 9.57 Å². The van der Waals surface area contributed by atoms with Gasteiger partial charge in [0.2, 0.25) is 0 Å². The highest BCUT2D eigenvalue weighted by atomic mass is 16.7. The van der Waals surface area contributed by atoms with Crippen molar-refractivity contribution in [2.24, 2.45) is 0 Å². The Morgan fingerprint density at radius 2 is 1.70 bits per heavy atom. The molecule has 0 N–H and O–H groups in total. The standard InChI is InChI=1S/C17H23NO2/c1-4-17(19-5-2)18(20-6-3)16-12-11-14-9-7-8-10-15(14)13-16/h7-13,17H,4-6H2,1-3H3. The van der Waals surface area contributed by atoms with Crippen molar-refractivity contribution in [3.63, 3.8) is 0 Å². The van der Waals surface area contributed by atoms with Crippen molar-refractivity contribution < 1.29 is 9.57 Å². The molecule has 0 bridgehead atoms. The number of ether oxygens (including phenoxy) is 1. The average molecular weight is 273 g/mol. The summed E-state index contributed by atoms with van der Waals surface area (Å²) < 4.78 is 5.77. The van der Waals surface area contributed by atoms with Crippen LogP contribution in [0.3, 0.4) is 0 Å². The molecule has 0 aliphatic heterocycles. The third-order valence-corrected chi connectivity index (χ3v) is 3.23. The van der Waals surface area contributed by atoms with Crippen molar-refractivity contribution >= 4 is 16.5 Å². The zero-order chi connectivity index (χ0) is 14.4. The Morgan fingerprint density at radius 3 is 2.35 bits per heavy atom. The molecule has 1 atom stereocenters. The molecule has 0 saturated carbocycles. The van der Waals surface area contributed by atoms with Crippen molar-refractivity contribution in [2.45, 2.75) is 33.4 Å². The third kappa shape index (κ3) is 3.30. The molecule has 0 amide bonds. The zero-order valence-corrected chi connectivity index (χ0v) is 12.5. The lowest BCUT2D eigenvalue weighted by Gasteiger charge is -2.31. The predicted molar refractivity (Wildman–Crippen MR) is 83.8 cm³/mol. The zero-order valence-electron chi connectivity index (χ0n) is 12.5. The maximum absolute atomic E-state index is 5.79. The lowest BCUT2D eigenvalue weighted by atomic mass is 10.1. The fourth-order valence-electron chi connectivity index (χ4n) is 2.32. The van der Waals surface area contributed by atoms with Gasteiger partial charge in [0.15, 0.2) is 6.23 Å². The number of hydroxylamine groups is 1. The van der Waals surface area contributed by atoms with Gasteiger partial charge in [0.25, 0.3) is 0 Å². The molecule has 3 nitrogen and oxygen atoms in total. The van der Waals surface area contributed by atoms with Gasteiger partial charge in [-0.3, -0.25) is 4.84 Å². The van der Waals surface area contributed by atoms with Gasteiger partial charge in [-0.05, 0) is 43.2 Å². The number of anilines is 1. The van der Waals surface area contributed by atoms with Crippen LogP contribution in [0.1, 0.15) is 27.2 Å². The van der Waals surface area contributed by atoms with E-state index in [0.29, 0.717) is 13.2 Å². The average Bonchev–Trinajstić information content (AvgIpc) is 2.50. The number of nitrogens with zero attached hydrogens (tertiary/aromatic N) is 1. The van der Waals surface area contributed by atoms with Gasteiger partial charge in [-0.25, -0.2) is 5.06 Å². The fourth-order valence-corrected chi connectivity index (χ4v) is 2.32. The highest BCUT2D eigenvalue weighted by Gasteiger charge is 2.18. The van der Waals surface area contributed by atoms with Gasteiger partial charge < -0.3 is 4.74 Å². The Labute approximate surface area is 121 Å². The molecule has 0 saturated heterocycles. The lowest BCUT2D eigenvalue weighted by molar-refractivity contribution is -0.0322. The quantitative estimate of drug-likeness (QED) is 0.552. The Kier molecular flexibility index (Phi) is 5.39. The second kappa shape index (κ2) is 7.27. The SMILES string of the molecule is CCOC(CC)N(OCC)c1ccc2ccccc2c1. The summed E-state index contributed by atoms with van der Waals surface area (Å²) in [7, 11) is 0. The van der Waals surface area contributed by atoms with E-state index in [9.17, 15) is 0 Å². The van der Waals surface area contributed by atoms with Crippen LogP contribution in [0, 0.1) is 0 Å². The van der Waals surface area contributed by atoms with Crippen molar-refractivity contribution in [3.05, 3.63) is 42.5 Å². The van der Waals surface area contributed by atoms with Gasteiger partial charge >= 0.3 is 0 Å². The largest absolute Gasteiger partial charge is 0.356 e. The predicted octanol–water partition coefficient (Wildman–Crippen LogP) is 4.37. The normalized spacial score (nSPS) is 12.6. The summed E-state index contributed by atoms with van der Waals surface area (Å²) >= 11 is 0. The van der Waals surface area contributed by atoms with Gasteiger partial charge in [0, 0.05) is 6.61 Å². The second-order valence-electron chi connectivity index (χ2n) is 4.59. The molecule has 2 aromatic carbocycles. The molecular formula is C17H23NO2. The van der Waals surface area contributed by atoms with Crippen LogP contribution in [-0.4, -0.2) is 19.4 Å². The van der Waals surface area contributed by atoms with Crippen molar-refractivity contribution in [3.8, 4) is 0 Å². The summed E-state index contributed by atoms with van der Waals surface area (Å²) in [5.41, 5.74) is 1.03. The first kappa shape index (κ1) is 14.8. The van der Waals surface area contributed by atoms with E-state index >= 15 is 0 Å². The van der Waals surface area contributed by atoms with E-state index in [2.05, 4.69) is 49.4 Å². The van der Waals surface area contributed by atoms with Gasteiger partial charge in [0.1, 0.15) is 0 Å². The molecular weight excluding hydrogens is 250 g/mol. The molecule has 0 radical (unpaired) electrons. The maximum Gasteiger partial charge on any atom is 0.154 e. The van der Waals surface area contributed by atoms with E-state index in [-0.39, 0.29) is 6.23 Å². The minimum atomic E-state index is -0.0545. The molecule has 2 rings (SSSR count). The topological polar surface area (TPSA) is 21.7 Å². The van der Waals surface area contributed by atoms with Gasteiger partial charge in [0.05, 0.1) is 12.3 Å². The van der Waals surface area contributed by atoms with E-state index in [1.807, 2.05) is 18.9 Å². The van der Waals surface area contributed by atoms with Crippen molar-refractivity contribution in [1.82, 2.24) is 0 Å². The number of rotatable bonds is 7.